The molecule has 2 amide bonds. The van der Waals surface area contributed by atoms with Crippen molar-refractivity contribution in [1.82, 2.24) is 9.80 Å². The first-order valence-corrected chi connectivity index (χ1v) is 21.3. The van der Waals surface area contributed by atoms with Crippen LogP contribution in [-0.4, -0.2) is 95.9 Å². The van der Waals surface area contributed by atoms with Crippen LogP contribution in [0.1, 0.15) is 55.8 Å². The Kier molecular flexibility index (Phi) is 18.0. The molecule has 4 aromatic rings. The van der Waals surface area contributed by atoms with Crippen molar-refractivity contribution in [3.05, 3.63) is 143 Å². The number of carbonyl (C=O) groups is 3. The quantitative estimate of drug-likeness (QED) is 0.0506. The fourth-order valence-corrected chi connectivity index (χ4v) is 6.14. The number of carbonyl (C=O) groups excluding carboxylic acids is 3. The van der Waals surface area contributed by atoms with Gasteiger partial charge in [-0.05, 0) is 62.1 Å². The largest absolute Gasteiger partial charge is 0.399 e. The van der Waals surface area contributed by atoms with E-state index >= 15 is 0 Å². The SMILES string of the molecule is CO/N=C/C(CCOS(C)(=O)=O)N(Cc1ccccc1)C(=O)c1ccc(C)cc1.Cc1ccc(C(=O)N(Cc2ccccc2)C(C=O)CCOS(C)(=O)=O)cc1. The number of hydrogen-bond donors (Lipinski definition) is 0. The maximum atomic E-state index is 13.3. The summed E-state index contributed by atoms with van der Waals surface area (Å²) in [6.07, 6.45) is 4.40. The lowest BCUT2D eigenvalue weighted by molar-refractivity contribution is -0.112. The summed E-state index contributed by atoms with van der Waals surface area (Å²) >= 11 is 0. The number of aryl methyl sites for hydroxylation is 2. The normalized spacial score (nSPS) is 12.5. The van der Waals surface area contributed by atoms with Crippen LogP contribution in [0.15, 0.2) is 114 Å². The van der Waals surface area contributed by atoms with E-state index < -0.39 is 32.3 Å². The summed E-state index contributed by atoms with van der Waals surface area (Å²) in [5.41, 5.74) is 4.88. The number of oxime groups is 1. The zero-order valence-electron chi connectivity index (χ0n) is 32.2. The number of rotatable bonds is 19. The average Bonchev–Trinajstić information content (AvgIpc) is 3.16. The van der Waals surface area contributed by atoms with E-state index in [9.17, 15) is 31.2 Å². The van der Waals surface area contributed by atoms with E-state index in [1.807, 2.05) is 98.8 Å². The molecule has 300 valence electrons. The molecule has 0 aliphatic heterocycles. The molecule has 0 bridgehead atoms. The highest BCUT2D eigenvalue weighted by molar-refractivity contribution is 7.86. The molecule has 13 nitrogen and oxygen atoms in total. The molecule has 2 atom stereocenters. The first kappa shape index (κ1) is 45.2. The van der Waals surface area contributed by atoms with Crippen LogP contribution in [0, 0.1) is 13.8 Å². The molecular weight excluding hydrogens is 759 g/mol. The Labute approximate surface area is 330 Å². The first-order valence-electron chi connectivity index (χ1n) is 17.6. The Balaban J connectivity index is 0.000000301. The number of aldehydes is 1. The second-order valence-electron chi connectivity index (χ2n) is 12.9. The molecule has 15 heteroatoms. The van der Waals surface area contributed by atoms with Crippen molar-refractivity contribution in [1.29, 1.82) is 0 Å². The zero-order chi connectivity index (χ0) is 41.1. The third kappa shape index (κ3) is 16.3. The third-order valence-electron chi connectivity index (χ3n) is 8.23. The zero-order valence-corrected chi connectivity index (χ0v) is 33.8. The van der Waals surface area contributed by atoms with Gasteiger partial charge < -0.3 is 19.4 Å². The van der Waals surface area contributed by atoms with Gasteiger partial charge in [-0.15, -0.1) is 0 Å². The van der Waals surface area contributed by atoms with Crippen molar-refractivity contribution in [3.63, 3.8) is 0 Å². The molecule has 0 N–H and O–H groups in total. The lowest BCUT2D eigenvalue weighted by Crippen LogP contribution is -2.41. The summed E-state index contributed by atoms with van der Waals surface area (Å²) < 4.78 is 54.6. The molecule has 0 heterocycles. The summed E-state index contributed by atoms with van der Waals surface area (Å²) in [4.78, 5) is 45.9. The van der Waals surface area contributed by atoms with E-state index in [2.05, 4.69) is 5.16 Å². The Hall–Kier alpha value is -5.22. The highest BCUT2D eigenvalue weighted by atomic mass is 32.2. The van der Waals surface area contributed by atoms with Gasteiger partial charge in [0.15, 0.2) is 0 Å². The number of benzene rings is 4. The number of hydrogen-bond acceptors (Lipinski definition) is 11. The molecule has 2 unspecified atom stereocenters. The van der Waals surface area contributed by atoms with Gasteiger partial charge in [-0.1, -0.05) is 101 Å². The van der Waals surface area contributed by atoms with E-state index in [1.165, 1.54) is 18.2 Å². The van der Waals surface area contributed by atoms with Crippen molar-refractivity contribution in [2.75, 3.05) is 32.8 Å². The van der Waals surface area contributed by atoms with Crippen molar-refractivity contribution in [3.8, 4) is 0 Å². The van der Waals surface area contributed by atoms with Crippen LogP contribution in [0.3, 0.4) is 0 Å². The molecular formula is C41H49N3O10S2. The predicted octanol–water partition coefficient (Wildman–Crippen LogP) is 5.58. The minimum atomic E-state index is -3.61. The third-order valence-corrected chi connectivity index (χ3v) is 9.42. The molecule has 0 saturated heterocycles. The highest BCUT2D eigenvalue weighted by Gasteiger charge is 2.26. The van der Waals surface area contributed by atoms with Crippen molar-refractivity contribution >= 4 is 44.6 Å². The molecule has 4 aromatic carbocycles. The Bertz CT molecular complexity index is 2080. The molecule has 4 rings (SSSR count). The smallest absolute Gasteiger partial charge is 0.264 e. The second-order valence-corrected chi connectivity index (χ2v) is 16.2. The lowest BCUT2D eigenvalue weighted by atomic mass is 10.1. The molecule has 0 fully saturated rings. The van der Waals surface area contributed by atoms with E-state index in [0.29, 0.717) is 24.0 Å². The maximum absolute atomic E-state index is 13.3. The Morgan fingerprint density at radius 1 is 0.625 bits per heavy atom. The van der Waals surface area contributed by atoms with Gasteiger partial charge in [0, 0.05) is 24.2 Å². The molecule has 0 spiro atoms. The summed E-state index contributed by atoms with van der Waals surface area (Å²) in [6.45, 7) is 4.18. The topological polar surface area (TPSA) is 166 Å². The van der Waals surface area contributed by atoms with Crippen molar-refractivity contribution in [2.24, 2.45) is 5.16 Å². The van der Waals surface area contributed by atoms with Crippen LogP contribution >= 0.6 is 0 Å². The molecule has 0 aliphatic rings. The van der Waals surface area contributed by atoms with Gasteiger partial charge in [0.05, 0.1) is 44.0 Å². The van der Waals surface area contributed by atoms with Gasteiger partial charge in [0.2, 0.25) is 0 Å². The van der Waals surface area contributed by atoms with Crippen LogP contribution in [-0.2, 0) is 51.3 Å². The predicted molar refractivity (Wildman–Crippen MR) is 215 cm³/mol. The van der Waals surface area contributed by atoms with Gasteiger partial charge in [-0.2, -0.15) is 16.8 Å². The molecule has 0 aromatic heterocycles. The summed E-state index contributed by atoms with van der Waals surface area (Å²) in [6, 6.07) is 31.9. The summed E-state index contributed by atoms with van der Waals surface area (Å²) in [7, 11) is -5.78. The number of amides is 2. The van der Waals surface area contributed by atoms with Crippen molar-refractivity contribution < 1.29 is 44.4 Å². The Morgan fingerprint density at radius 2 is 1.00 bits per heavy atom. The molecule has 0 radical (unpaired) electrons. The fraction of sp³-hybridized carbons (Fsp3) is 0.317. The van der Waals surface area contributed by atoms with Gasteiger partial charge in [-0.25, -0.2) is 0 Å². The second kappa shape index (κ2) is 22.4. The minimum absolute atomic E-state index is 0.0777. The first-order chi connectivity index (χ1) is 26.6. The van der Waals surface area contributed by atoms with Gasteiger partial charge in [0.25, 0.3) is 32.1 Å². The van der Waals surface area contributed by atoms with Gasteiger partial charge >= 0.3 is 0 Å². The van der Waals surface area contributed by atoms with E-state index in [0.717, 1.165) is 34.8 Å². The Morgan fingerprint density at radius 3 is 1.36 bits per heavy atom. The van der Waals surface area contributed by atoms with Crippen molar-refractivity contribution in [2.45, 2.75) is 51.9 Å². The molecule has 0 aliphatic carbocycles. The fourth-order valence-electron chi connectivity index (χ4n) is 5.34. The maximum Gasteiger partial charge on any atom is 0.264 e. The minimum Gasteiger partial charge on any atom is -0.399 e. The average molecular weight is 808 g/mol. The van der Waals surface area contributed by atoms with Crippen LogP contribution < -0.4 is 0 Å². The van der Waals surface area contributed by atoms with Crippen LogP contribution in [0.25, 0.3) is 0 Å². The van der Waals surface area contributed by atoms with Crippen LogP contribution in [0.4, 0.5) is 0 Å². The van der Waals surface area contributed by atoms with E-state index in [-0.39, 0.29) is 44.4 Å². The van der Waals surface area contributed by atoms with Crippen LogP contribution in [0.5, 0.6) is 0 Å². The monoisotopic (exact) mass is 807 g/mol. The van der Waals surface area contributed by atoms with Gasteiger partial charge in [-0.3, -0.25) is 18.0 Å². The highest BCUT2D eigenvalue weighted by Crippen LogP contribution is 2.18. The van der Waals surface area contributed by atoms with Gasteiger partial charge in [0.1, 0.15) is 13.4 Å². The molecule has 0 saturated carbocycles. The summed E-state index contributed by atoms with van der Waals surface area (Å²) in [5, 5.41) is 3.82. The number of nitrogens with zero attached hydrogens (tertiary/aromatic N) is 3. The van der Waals surface area contributed by atoms with E-state index in [4.69, 9.17) is 13.2 Å². The van der Waals surface area contributed by atoms with Crippen LogP contribution in [0.2, 0.25) is 0 Å². The summed E-state index contributed by atoms with van der Waals surface area (Å²) in [5.74, 6) is -0.490. The van der Waals surface area contributed by atoms with E-state index in [1.54, 1.807) is 29.2 Å². The lowest BCUT2D eigenvalue weighted by Gasteiger charge is -2.29. The molecule has 56 heavy (non-hydrogen) atoms. The standard InChI is InChI=1S/C21H26N2O5S.C20H23NO5S/c1-17-9-11-19(12-10-17)21(24)23(16-18-7-5-4-6-8-18)20(15-22-27-2)13-14-28-29(3,25)26;1-16-8-10-18(11-9-16)20(23)21(14-17-6-4-3-5-7-17)19(15-22)12-13-26-27(2,24)25/h4-12,15,20H,13-14,16H2,1-3H3;3-11,15,19H,12-14H2,1-2H3/b22-15+;.